The van der Waals surface area contributed by atoms with E-state index in [0.29, 0.717) is 19.8 Å². The molecule has 0 unspecified atom stereocenters. The summed E-state index contributed by atoms with van der Waals surface area (Å²) in [7, 11) is 0. The summed E-state index contributed by atoms with van der Waals surface area (Å²) in [5, 5.41) is 10.3. The third-order valence-corrected chi connectivity index (χ3v) is 3.09. The van der Waals surface area contributed by atoms with Crippen molar-refractivity contribution in [2.45, 2.75) is 27.3 Å². The van der Waals surface area contributed by atoms with Gasteiger partial charge in [0.25, 0.3) is 0 Å². The number of hydrogen-bond acceptors (Lipinski definition) is 3. The van der Waals surface area contributed by atoms with Crippen molar-refractivity contribution in [3.8, 4) is 11.5 Å². The lowest BCUT2D eigenvalue weighted by atomic mass is 10.1. The maximum Gasteiger partial charge on any atom is 0.163 e. The molecule has 1 heterocycles. The summed E-state index contributed by atoms with van der Waals surface area (Å²) >= 11 is 0. The van der Waals surface area contributed by atoms with Crippen molar-refractivity contribution in [2.75, 3.05) is 19.8 Å². The highest BCUT2D eigenvalue weighted by Gasteiger charge is 2.12. The first-order valence-electron chi connectivity index (χ1n) is 6.71. The molecule has 1 N–H and O–H groups in total. The molecule has 0 aliphatic rings. The molecule has 2 rings (SSSR count). The molecular weight excluding hydrogens is 242 g/mol. The standard InChI is InChI=1S/C15H21NO3/c1-4-18-14-8-12-11(3)10-16(6-7-17)13(12)9-15(14)19-5-2/h8-10,17H,4-7H2,1-3H3. The minimum Gasteiger partial charge on any atom is -0.490 e. The lowest BCUT2D eigenvalue weighted by molar-refractivity contribution is 0.277. The summed E-state index contributed by atoms with van der Waals surface area (Å²) in [4.78, 5) is 0. The normalized spacial score (nSPS) is 10.9. The molecule has 0 aliphatic carbocycles. The van der Waals surface area contributed by atoms with E-state index in [1.807, 2.05) is 36.7 Å². The second kappa shape index (κ2) is 5.97. The number of aryl methyl sites for hydroxylation is 1. The van der Waals surface area contributed by atoms with E-state index in [0.717, 1.165) is 22.4 Å². The van der Waals surface area contributed by atoms with Crippen molar-refractivity contribution in [1.29, 1.82) is 0 Å². The zero-order valence-electron chi connectivity index (χ0n) is 11.8. The third-order valence-electron chi connectivity index (χ3n) is 3.09. The first-order valence-corrected chi connectivity index (χ1v) is 6.71. The molecule has 19 heavy (non-hydrogen) atoms. The van der Waals surface area contributed by atoms with Crippen LogP contribution < -0.4 is 9.47 Å². The van der Waals surface area contributed by atoms with Gasteiger partial charge >= 0.3 is 0 Å². The summed E-state index contributed by atoms with van der Waals surface area (Å²) in [6.07, 6.45) is 2.05. The molecule has 0 atom stereocenters. The molecule has 0 amide bonds. The van der Waals surface area contributed by atoms with Crippen LogP contribution in [0, 0.1) is 6.92 Å². The van der Waals surface area contributed by atoms with Crippen LogP contribution in [-0.4, -0.2) is 29.5 Å². The minimum atomic E-state index is 0.125. The van der Waals surface area contributed by atoms with Gasteiger partial charge in [0.05, 0.1) is 25.3 Å². The zero-order chi connectivity index (χ0) is 13.8. The maximum absolute atomic E-state index is 9.12. The van der Waals surface area contributed by atoms with Crippen LogP contribution >= 0.6 is 0 Å². The van der Waals surface area contributed by atoms with E-state index in [4.69, 9.17) is 14.6 Å². The molecule has 1 aromatic heterocycles. The highest BCUT2D eigenvalue weighted by Crippen LogP contribution is 2.34. The number of ether oxygens (including phenoxy) is 2. The van der Waals surface area contributed by atoms with E-state index in [1.54, 1.807) is 0 Å². The van der Waals surface area contributed by atoms with E-state index < -0.39 is 0 Å². The van der Waals surface area contributed by atoms with Crippen molar-refractivity contribution in [2.24, 2.45) is 0 Å². The van der Waals surface area contributed by atoms with E-state index in [-0.39, 0.29) is 6.61 Å². The molecule has 2 aromatic rings. The molecular formula is C15H21NO3. The quantitative estimate of drug-likeness (QED) is 0.871. The predicted molar refractivity (Wildman–Crippen MR) is 76.1 cm³/mol. The Morgan fingerprint density at radius 3 is 2.32 bits per heavy atom. The van der Waals surface area contributed by atoms with E-state index >= 15 is 0 Å². The van der Waals surface area contributed by atoms with Gasteiger partial charge in [0.1, 0.15) is 0 Å². The van der Waals surface area contributed by atoms with Crippen LogP contribution in [0.25, 0.3) is 10.9 Å². The number of aromatic nitrogens is 1. The average Bonchev–Trinajstić information content (AvgIpc) is 2.68. The molecule has 4 heteroatoms. The number of aliphatic hydroxyl groups excluding tert-OH is 1. The van der Waals surface area contributed by atoms with Gasteiger partial charge in [0, 0.05) is 24.2 Å². The van der Waals surface area contributed by atoms with Crippen LogP contribution in [0.15, 0.2) is 18.3 Å². The Labute approximate surface area is 113 Å². The fourth-order valence-electron chi connectivity index (χ4n) is 2.30. The summed E-state index contributed by atoms with van der Waals surface area (Å²) in [6.45, 7) is 7.91. The highest BCUT2D eigenvalue weighted by molar-refractivity contribution is 5.87. The molecule has 0 fully saturated rings. The summed E-state index contributed by atoms with van der Waals surface area (Å²) in [5.74, 6) is 1.54. The number of rotatable bonds is 6. The lowest BCUT2D eigenvalue weighted by Crippen LogP contribution is -2.02. The molecule has 0 aliphatic heterocycles. The van der Waals surface area contributed by atoms with Crippen molar-refractivity contribution < 1.29 is 14.6 Å². The van der Waals surface area contributed by atoms with E-state index in [9.17, 15) is 0 Å². The average molecular weight is 263 g/mol. The van der Waals surface area contributed by atoms with Gasteiger partial charge in [0.15, 0.2) is 11.5 Å². The van der Waals surface area contributed by atoms with Crippen LogP contribution in [0.5, 0.6) is 11.5 Å². The molecule has 0 spiro atoms. The molecule has 0 saturated carbocycles. The van der Waals surface area contributed by atoms with Gasteiger partial charge in [-0.25, -0.2) is 0 Å². The summed E-state index contributed by atoms with van der Waals surface area (Å²) < 4.78 is 13.3. The van der Waals surface area contributed by atoms with Gasteiger partial charge in [-0.2, -0.15) is 0 Å². The van der Waals surface area contributed by atoms with Gasteiger partial charge in [-0.15, -0.1) is 0 Å². The molecule has 0 saturated heterocycles. The SMILES string of the molecule is CCOc1cc2c(C)cn(CCO)c2cc1OCC. The lowest BCUT2D eigenvalue weighted by Gasteiger charge is -2.12. The first-order chi connectivity index (χ1) is 9.21. The second-order valence-electron chi connectivity index (χ2n) is 4.41. The van der Waals surface area contributed by atoms with Crippen molar-refractivity contribution in [1.82, 2.24) is 4.57 Å². The van der Waals surface area contributed by atoms with Crippen LogP contribution in [0.3, 0.4) is 0 Å². The van der Waals surface area contributed by atoms with Gasteiger partial charge in [-0.05, 0) is 32.4 Å². The Morgan fingerprint density at radius 2 is 1.74 bits per heavy atom. The molecule has 0 radical (unpaired) electrons. The third kappa shape index (κ3) is 2.68. The fourth-order valence-corrected chi connectivity index (χ4v) is 2.30. The van der Waals surface area contributed by atoms with Crippen molar-refractivity contribution >= 4 is 10.9 Å². The van der Waals surface area contributed by atoms with Gasteiger partial charge in [0.2, 0.25) is 0 Å². The zero-order valence-corrected chi connectivity index (χ0v) is 11.8. The number of aliphatic hydroxyl groups is 1. The number of nitrogens with zero attached hydrogens (tertiary/aromatic N) is 1. The van der Waals surface area contributed by atoms with Gasteiger partial charge in [-0.3, -0.25) is 0 Å². The minimum absolute atomic E-state index is 0.125. The van der Waals surface area contributed by atoms with Crippen molar-refractivity contribution in [3.63, 3.8) is 0 Å². The largest absolute Gasteiger partial charge is 0.490 e. The summed E-state index contributed by atoms with van der Waals surface area (Å²) in [5.41, 5.74) is 2.24. The Balaban J connectivity index is 2.57. The Kier molecular flexibility index (Phi) is 4.32. The number of fused-ring (bicyclic) bond motifs is 1. The van der Waals surface area contributed by atoms with E-state index in [2.05, 4.69) is 6.92 Å². The molecule has 4 nitrogen and oxygen atoms in total. The van der Waals surface area contributed by atoms with E-state index in [1.165, 1.54) is 5.56 Å². The predicted octanol–water partition coefficient (Wildman–Crippen LogP) is 2.74. The van der Waals surface area contributed by atoms with Crippen LogP contribution in [0.4, 0.5) is 0 Å². The van der Waals surface area contributed by atoms with Gasteiger partial charge in [-0.1, -0.05) is 0 Å². The second-order valence-corrected chi connectivity index (χ2v) is 4.41. The maximum atomic E-state index is 9.12. The van der Waals surface area contributed by atoms with Crippen LogP contribution in [0.1, 0.15) is 19.4 Å². The molecule has 104 valence electrons. The smallest absolute Gasteiger partial charge is 0.163 e. The molecule has 1 aromatic carbocycles. The first kappa shape index (κ1) is 13.7. The highest BCUT2D eigenvalue weighted by atomic mass is 16.5. The number of hydrogen-bond donors (Lipinski definition) is 1. The van der Waals surface area contributed by atoms with Crippen LogP contribution in [-0.2, 0) is 6.54 Å². The summed E-state index contributed by atoms with van der Waals surface area (Å²) in [6, 6.07) is 4.01. The topological polar surface area (TPSA) is 43.6 Å². The molecule has 0 bridgehead atoms. The van der Waals surface area contributed by atoms with Gasteiger partial charge < -0.3 is 19.1 Å². The van der Waals surface area contributed by atoms with Crippen LogP contribution in [0.2, 0.25) is 0 Å². The Bertz CT molecular complexity index is 560. The Hall–Kier alpha value is -1.68. The van der Waals surface area contributed by atoms with Crippen molar-refractivity contribution in [3.05, 3.63) is 23.9 Å². The fraction of sp³-hybridized carbons (Fsp3) is 0.467. The Morgan fingerprint density at radius 1 is 1.11 bits per heavy atom. The number of benzene rings is 1. The monoisotopic (exact) mass is 263 g/mol.